The van der Waals surface area contributed by atoms with Crippen LogP contribution in [-0.2, 0) is 0 Å². The zero-order chi connectivity index (χ0) is 13.0. The van der Waals surface area contributed by atoms with Gasteiger partial charge in [0, 0.05) is 25.7 Å². The van der Waals surface area contributed by atoms with Crippen LogP contribution >= 0.6 is 0 Å². The fraction of sp³-hybridized carbons (Fsp3) is 0.500. The number of H-pyrrole nitrogens is 1. The molecule has 18 heavy (non-hydrogen) atoms. The first kappa shape index (κ1) is 12.5. The van der Waals surface area contributed by atoms with Gasteiger partial charge >= 0.3 is 5.69 Å². The van der Waals surface area contributed by atoms with Crippen LogP contribution in [0, 0.1) is 0 Å². The van der Waals surface area contributed by atoms with E-state index in [2.05, 4.69) is 25.8 Å². The van der Waals surface area contributed by atoms with E-state index >= 15 is 0 Å². The summed E-state index contributed by atoms with van der Waals surface area (Å²) >= 11 is 0. The second kappa shape index (κ2) is 5.61. The molecule has 2 rings (SSSR count). The molecule has 0 aromatic carbocycles. The molecule has 8 nitrogen and oxygen atoms in total. The number of aliphatic hydroxyl groups is 1. The summed E-state index contributed by atoms with van der Waals surface area (Å²) in [4.78, 5) is 15.3. The summed E-state index contributed by atoms with van der Waals surface area (Å²) in [5.74, 6) is 0.653. The molecule has 0 amide bonds. The van der Waals surface area contributed by atoms with Crippen LogP contribution < -0.4 is 16.3 Å². The Labute approximate surface area is 103 Å². The Bertz CT molecular complexity index is 561. The lowest BCUT2D eigenvalue weighted by atomic mass is 10.4. The van der Waals surface area contributed by atoms with Crippen molar-refractivity contribution >= 4 is 11.5 Å². The van der Waals surface area contributed by atoms with Crippen molar-refractivity contribution in [2.75, 3.05) is 25.0 Å². The lowest BCUT2D eigenvalue weighted by Crippen LogP contribution is -2.29. The Kier molecular flexibility index (Phi) is 3.90. The van der Waals surface area contributed by atoms with Crippen molar-refractivity contribution in [2.24, 2.45) is 0 Å². The number of aromatic amines is 1. The number of hydrogen-bond donors (Lipinski definition) is 4. The first-order valence-corrected chi connectivity index (χ1v) is 5.72. The maximum atomic E-state index is 11.2. The molecule has 4 N–H and O–H groups in total. The Hall–Kier alpha value is -1.93. The third-order valence-corrected chi connectivity index (χ3v) is 2.36. The molecule has 0 aliphatic heterocycles. The van der Waals surface area contributed by atoms with Gasteiger partial charge in [-0.3, -0.25) is 0 Å². The molecular weight excluding hydrogens is 236 g/mol. The molecule has 1 atom stereocenters. The Balaban J connectivity index is 1.86. The van der Waals surface area contributed by atoms with Gasteiger partial charge in [-0.25, -0.2) is 19.3 Å². The molecule has 0 aliphatic rings. The maximum Gasteiger partial charge on any atom is 0.348 e. The van der Waals surface area contributed by atoms with Crippen molar-refractivity contribution in [3.63, 3.8) is 0 Å². The number of fused-ring (bicyclic) bond motifs is 1. The molecule has 1 unspecified atom stereocenters. The largest absolute Gasteiger partial charge is 0.392 e. The number of nitrogens with one attached hydrogen (secondary N) is 3. The molecule has 0 fully saturated rings. The van der Waals surface area contributed by atoms with E-state index in [9.17, 15) is 4.79 Å². The van der Waals surface area contributed by atoms with Crippen LogP contribution in [0.15, 0.2) is 17.2 Å². The first-order chi connectivity index (χ1) is 8.66. The highest BCUT2D eigenvalue weighted by Crippen LogP contribution is 2.03. The number of anilines is 1. The van der Waals surface area contributed by atoms with Gasteiger partial charge in [0.05, 0.1) is 6.10 Å². The normalized spacial score (nSPS) is 12.8. The molecule has 0 spiro atoms. The van der Waals surface area contributed by atoms with Gasteiger partial charge < -0.3 is 15.7 Å². The zero-order valence-electron chi connectivity index (χ0n) is 10.1. The summed E-state index contributed by atoms with van der Waals surface area (Å²) in [7, 11) is 0. The van der Waals surface area contributed by atoms with E-state index in [1.165, 1.54) is 10.7 Å². The molecule has 2 heterocycles. The summed E-state index contributed by atoms with van der Waals surface area (Å²) in [5, 5.41) is 21.4. The molecule has 0 radical (unpaired) electrons. The van der Waals surface area contributed by atoms with E-state index in [0.717, 1.165) is 0 Å². The van der Waals surface area contributed by atoms with E-state index in [4.69, 9.17) is 5.11 Å². The van der Waals surface area contributed by atoms with Gasteiger partial charge in [0.2, 0.25) is 0 Å². The minimum Gasteiger partial charge on any atom is -0.392 e. The fourth-order valence-corrected chi connectivity index (χ4v) is 1.50. The minimum absolute atomic E-state index is 0.303. The second-order valence-corrected chi connectivity index (χ2v) is 4.01. The third-order valence-electron chi connectivity index (χ3n) is 2.36. The predicted octanol–water partition coefficient (Wildman–Crippen LogP) is -1.20. The molecule has 2 aromatic heterocycles. The number of rotatable bonds is 6. The molecule has 0 saturated heterocycles. The van der Waals surface area contributed by atoms with Gasteiger partial charge in [-0.1, -0.05) is 0 Å². The van der Waals surface area contributed by atoms with Gasteiger partial charge in [0.25, 0.3) is 0 Å². The van der Waals surface area contributed by atoms with Gasteiger partial charge in [0.1, 0.15) is 12.1 Å². The van der Waals surface area contributed by atoms with Crippen LogP contribution in [0.3, 0.4) is 0 Å². The van der Waals surface area contributed by atoms with Gasteiger partial charge in [-0.2, -0.15) is 5.10 Å². The number of aromatic nitrogens is 4. The number of nitrogens with zero attached hydrogens (tertiary/aromatic N) is 3. The van der Waals surface area contributed by atoms with Crippen molar-refractivity contribution in [3.8, 4) is 0 Å². The number of hydrogen-bond acceptors (Lipinski definition) is 6. The Morgan fingerprint density at radius 3 is 3.17 bits per heavy atom. The van der Waals surface area contributed by atoms with Crippen LogP contribution in [0.4, 0.5) is 5.82 Å². The molecule has 98 valence electrons. The van der Waals surface area contributed by atoms with Crippen molar-refractivity contribution in [2.45, 2.75) is 13.0 Å². The smallest absolute Gasteiger partial charge is 0.348 e. The van der Waals surface area contributed by atoms with Gasteiger partial charge in [0.15, 0.2) is 5.65 Å². The lowest BCUT2D eigenvalue weighted by Gasteiger charge is -2.08. The standard InChI is InChI=1S/C10H16N6O2/c1-7(17)5-11-2-3-12-8-4-9-14-15-10(18)16(9)6-13-8/h4,6-7,11-12,17H,2-3,5H2,1H3,(H,15,18). The van der Waals surface area contributed by atoms with E-state index in [0.29, 0.717) is 31.1 Å². The summed E-state index contributed by atoms with van der Waals surface area (Å²) in [6.45, 7) is 3.67. The van der Waals surface area contributed by atoms with Crippen molar-refractivity contribution in [1.29, 1.82) is 0 Å². The summed E-state index contributed by atoms with van der Waals surface area (Å²) in [5.41, 5.74) is 0.220. The summed E-state index contributed by atoms with van der Waals surface area (Å²) < 4.78 is 1.33. The molecular formula is C10H16N6O2. The van der Waals surface area contributed by atoms with Crippen LogP contribution in [0.1, 0.15) is 6.92 Å². The Morgan fingerprint density at radius 1 is 1.56 bits per heavy atom. The van der Waals surface area contributed by atoms with E-state index < -0.39 is 0 Å². The third kappa shape index (κ3) is 3.05. The number of aliphatic hydroxyl groups excluding tert-OH is 1. The quantitative estimate of drug-likeness (QED) is 0.481. The highest BCUT2D eigenvalue weighted by molar-refractivity contribution is 5.48. The Morgan fingerprint density at radius 2 is 2.39 bits per heavy atom. The van der Waals surface area contributed by atoms with Crippen LogP contribution in [-0.4, -0.2) is 50.4 Å². The molecule has 2 aromatic rings. The average Bonchev–Trinajstić information content (AvgIpc) is 2.70. The predicted molar refractivity (Wildman–Crippen MR) is 66.6 cm³/mol. The maximum absolute atomic E-state index is 11.2. The second-order valence-electron chi connectivity index (χ2n) is 4.01. The molecule has 8 heteroatoms. The van der Waals surface area contributed by atoms with Crippen molar-refractivity contribution in [3.05, 3.63) is 22.9 Å². The lowest BCUT2D eigenvalue weighted by molar-refractivity contribution is 0.192. The van der Waals surface area contributed by atoms with Crippen LogP contribution in [0.2, 0.25) is 0 Å². The highest BCUT2D eigenvalue weighted by atomic mass is 16.3. The minimum atomic E-state index is -0.351. The summed E-state index contributed by atoms with van der Waals surface area (Å²) in [6.07, 6.45) is 1.07. The van der Waals surface area contributed by atoms with Crippen molar-refractivity contribution in [1.82, 2.24) is 24.9 Å². The van der Waals surface area contributed by atoms with Crippen molar-refractivity contribution < 1.29 is 5.11 Å². The summed E-state index contributed by atoms with van der Waals surface area (Å²) in [6, 6.07) is 1.69. The SMILES string of the molecule is CC(O)CNCCNc1cc2n[nH]c(=O)n2cn1. The van der Waals surface area contributed by atoms with Crippen LogP contribution in [0.5, 0.6) is 0 Å². The van der Waals surface area contributed by atoms with E-state index in [-0.39, 0.29) is 11.8 Å². The fourth-order valence-electron chi connectivity index (χ4n) is 1.50. The topological polar surface area (TPSA) is 107 Å². The van der Waals surface area contributed by atoms with Gasteiger partial charge in [-0.05, 0) is 6.92 Å². The van der Waals surface area contributed by atoms with E-state index in [1.807, 2.05) is 0 Å². The molecule has 0 saturated carbocycles. The van der Waals surface area contributed by atoms with E-state index in [1.54, 1.807) is 13.0 Å². The zero-order valence-corrected chi connectivity index (χ0v) is 10.1. The molecule has 0 bridgehead atoms. The first-order valence-electron chi connectivity index (χ1n) is 5.72. The monoisotopic (exact) mass is 252 g/mol. The van der Waals surface area contributed by atoms with Crippen LogP contribution in [0.25, 0.3) is 5.65 Å². The molecule has 0 aliphatic carbocycles. The highest BCUT2D eigenvalue weighted by Gasteiger charge is 2.01. The average molecular weight is 252 g/mol. The van der Waals surface area contributed by atoms with Gasteiger partial charge in [-0.15, -0.1) is 0 Å².